The predicted octanol–water partition coefficient (Wildman–Crippen LogP) is 2.33. The van der Waals surface area contributed by atoms with Gasteiger partial charge in [-0.05, 0) is 46.7 Å². The Bertz CT molecular complexity index is 491. The van der Waals surface area contributed by atoms with Crippen molar-refractivity contribution in [2.75, 3.05) is 11.3 Å². The Balaban J connectivity index is 2.76. The molecule has 1 rings (SSSR count). The van der Waals surface area contributed by atoms with Crippen LogP contribution in [0.15, 0.2) is 18.2 Å². The van der Waals surface area contributed by atoms with E-state index < -0.39 is 16.0 Å². The predicted molar refractivity (Wildman–Crippen MR) is 74.5 cm³/mol. The van der Waals surface area contributed by atoms with E-state index in [0.717, 1.165) is 0 Å². The van der Waals surface area contributed by atoms with Crippen molar-refractivity contribution in [3.63, 3.8) is 0 Å². The van der Waals surface area contributed by atoms with Gasteiger partial charge in [0.25, 0.3) is 10.2 Å². The molecule has 0 aromatic heterocycles. The molecule has 0 radical (unpaired) electrons. The molecule has 96 valence electrons. The Morgan fingerprint density at radius 2 is 2.06 bits per heavy atom. The zero-order valence-electron chi connectivity index (χ0n) is 9.50. The summed E-state index contributed by atoms with van der Waals surface area (Å²) >= 11 is 1.87. The lowest BCUT2D eigenvalue weighted by Gasteiger charge is -2.12. The SMILES string of the molecule is CC(C)CNS(=O)(=O)Nc1ccc(F)cc1I. The van der Waals surface area contributed by atoms with Crippen LogP contribution in [0.5, 0.6) is 0 Å². The third kappa shape index (κ3) is 5.17. The van der Waals surface area contributed by atoms with E-state index in [0.29, 0.717) is 15.8 Å². The monoisotopic (exact) mass is 372 g/mol. The second-order valence-electron chi connectivity index (χ2n) is 3.97. The number of halogens is 2. The highest BCUT2D eigenvalue weighted by molar-refractivity contribution is 14.1. The van der Waals surface area contributed by atoms with E-state index in [2.05, 4.69) is 9.44 Å². The maximum absolute atomic E-state index is 12.8. The lowest BCUT2D eigenvalue weighted by molar-refractivity contribution is 0.564. The van der Waals surface area contributed by atoms with E-state index in [4.69, 9.17) is 0 Å². The fourth-order valence-electron chi connectivity index (χ4n) is 1.03. The summed E-state index contributed by atoms with van der Waals surface area (Å²) in [7, 11) is -3.59. The summed E-state index contributed by atoms with van der Waals surface area (Å²) in [6.07, 6.45) is 0. The van der Waals surface area contributed by atoms with Crippen molar-refractivity contribution < 1.29 is 12.8 Å². The molecule has 0 unspecified atom stereocenters. The summed E-state index contributed by atoms with van der Waals surface area (Å²) in [5, 5.41) is 0. The molecule has 7 heteroatoms. The molecule has 1 aromatic rings. The van der Waals surface area contributed by atoms with Gasteiger partial charge < -0.3 is 0 Å². The van der Waals surface area contributed by atoms with Gasteiger partial charge >= 0.3 is 0 Å². The first kappa shape index (κ1) is 14.7. The molecular weight excluding hydrogens is 358 g/mol. The van der Waals surface area contributed by atoms with Gasteiger partial charge in [0, 0.05) is 10.1 Å². The molecule has 0 heterocycles. The van der Waals surface area contributed by atoms with Crippen molar-refractivity contribution in [3.05, 3.63) is 27.6 Å². The highest BCUT2D eigenvalue weighted by atomic mass is 127. The smallest absolute Gasteiger partial charge is 0.270 e. The Kier molecular flexibility index (Phi) is 5.14. The molecule has 2 N–H and O–H groups in total. The van der Waals surface area contributed by atoms with Crippen LogP contribution in [0.2, 0.25) is 0 Å². The van der Waals surface area contributed by atoms with Gasteiger partial charge in [-0.25, -0.2) is 4.39 Å². The van der Waals surface area contributed by atoms with Gasteiger partial charge in [-0.1, -0.05) is 13.8 Å². The minimum atomic E-state index is -3.59. The maximum Gasteiger partial charge on any atom is 0.299 e. The van der Waals surface area contributed by atoms with Gasteiger partial charge in [-0.3, -0.25) is 4.72 Å². The molecule has 1 aromatic carbocycles. The van der Waals surface area contributed by atoms with Crippen LogP contribution in [0, 0.1) is 15.3 Å². The summed E-state index contributed by atoms with van der Waals surface area (Å²) in [5.41, 5.74) is 0.364. The molecule has 4 nitrogen and oxygen atoms in total. The third-order valence-corrected chi connectivity index (χ3v) is 3.78. The number of rotatable bonds is 5. The van der Waals surface area contributed by atoms with Gasteiger partial charge in [-0.15, -0.1) is 0 Å². The molecular formula is C10H14FIN2O2S. The first-order valence-corrected chi connectivity index (χ1v) is 7.59. The Hall–Kier alpha value is -0.410. The lowest BCUT2D eigenvalue weighted by atomic mass is 10.2. The Morgan fingerprint density at radius 3 is 2.59 bits per heavy atom. The molecule has 0 aliphatic rings. The standard InChI is InChI=1S/C10H14FIN2O2S/c1-7(2)6-13-17(15,16)14-10-4-3-8(11)5-9(10)12/h3-5,7,13-14H,6H2,1-2H3. The molecule has 0 atom stereocenters. The summed E-state index contributed by atoms with van der Waals surface area (Å²) in [4.78, 5) is 0. The number of hydrogen-bond acceptors (Lipinski definition) is 2. The molecule has 17 heavy (non-hydrogen) atoms. The molecule has 0 spiro atoms. The minimum Gasteiger partial charge on any atom is -0.270 e. The second kappa shape index (κ2) is 5.96. The van der Waals surface area contributed by atoms with Crippen LogP contribution in [-0.2, 0) is 10.2 Å². The molecule has 0 bridgehead atoms. The van der Waals surface area contributed by atoms with Crippen molar-refractivity contribution in [1.29, 1.82) is 0 Å². The number of benzene rings is 1. The van der Waals surface area contributed by atoms with Gasteiger partial charge in [0.1, 0.15) is 5.82 Å². The summed E-state index contributed by atoms with van der Waals surface area (Å²) < 4.78 is 41.4. The first-order chi connectivity index (χ1) is 7.80. The number of hydrogen-bond donors (Lipinski definition) is 2. The van der Waals surface area contributed by atoms with Crippen molar-refractivity contribution in [1.82, 2.24) is 4.72 Å². The van der Waals surface area contributed by atoms with Gasteiger partial charge in [-0.2, -0.15) is 13.1 Å². The fraction of sp³-hybridized carbons (Fsp3) is 0.400. The van der Waals surface area contributed by atoms with E-state index in [1.54, 1.807) is 0 Å². The quantitative estimate of drug-likeness (QED) is 0.780. The first-order valence-electron chi connectivity index (χ1n) is 5.02. The van der Waals surface area contributed by atoms with E-state index >= 15 is 0 Å². The van der Waals surface area contributed by atoms with Crippen LogP contribution >= 0.6 is 22.6 Å². The fourth-order valence-corrected chi connectivity index (χ4v) is 2.92. The molecule has 0 saturated carbocycles. The zero-order valence-corrected chi connectivity index (χ0v) is 12.5. The van der Waals surface area contributed by atoms with E-state index in [9.17, 15) is 12.8 Å². The van der Waals surface area contributed by atoms with E-state index in [1.807, 2.05) is 36.4 Å². The van der Waals surface area contributed by atoms with E-state index in [1.165, 1.54) is 18.2 Å². The lowest BCUT2D eigenvalue weighted by Crippen LogP contribution is -2.33. The van der Waals surface area contributed by atoms with Crippen molar-refractivity contribution in [2.45, 2.75) is 13.8 Å². The highest BCUT2D eigenvalue weighted by Gasteiger charge is 2.12. The van der Waals surface area contributed by atoms with Crippen LogP contribution < -0.4 is 9.44 Å². The molecule has 0 aliphatic carbocycles. The average molecular weight is 372 g/mol. The van der Waals surface area contributed by atoms with Crippen LogP contribution in [0.1, 0.15) is 13.8 Å². The van der Waals surface area contributed by atoms with Crippen LogP contribution in [-0.4, -0.2) is 15.0 Å². The number of nitrogens with one attached hydrogen (secondary N) is 2. The van der Waals surface area contributed by atoms with Gasteiger partial charge in [0.05, 0.1) is 5.69 Å². The second-order valence-corrected chi connectivity index (χ2v) is 6.63. The van der Waals surface area contributed by atoms with Crippen molar-refractivity contribution >= 4 is 38.5 Å². The van der Waals surface area contributed by atoms with Crippen LogP contribution in [0.4, 0.5) is 10.1 Å². The zero-order chi connectivity index (χ0) is 13.1. The topological polar surface area (TPSA) is 58.2 Å². The number of anilines is 1. The van der Waals surface area contributed by atoms with Gasteiger partial charge in [0.2, 0.25) is 0 Å². The summed E-state index contributed by atoms with van der Waals surface area (Å²) in [6, 6.07) is 3.87. The molecule has 0 aliphatic heterocycles. The summed E-state index contributed by atoms with van der Waals surface area (Å²) in [6.45, 7) is 4.17. The normalized spacial score (nSPS) is 11.8. The third-order valence-electron chi connectivity index (χ3n) is 1.86. The highest BCUT2D eigenvalue weighted by Crippen LogP contribution is 2.19. The van der Waals surface area contributed by atoms with Crippen molar-refractivity contribution in [2.24, 2.45) is 5.92 Å². The molecule has 0 fully saturated rings. The minimum absolute atomic E-state index is 0.221. The largest absolute Gasteiger partial charge is 0.299 e. The van der Waals surface area contributed by atoms with Crippen LogP contribution in [0.3, 0.4) is 0 Å². The Labute approximate surface area is 114 Å². The maximum atomic E-state index is 12.8. The Morgan fingerprint density at radius 1 is 1.41 bits per heavy atom. The molecule has 0 amide bonds. The average Bonchev–Trinajstić information content (AvgIpc) is 2.20. The van der Waals surface area contributed by atoms with Crippen LogP contribution in [0.25, 0.3) is 0 Å². The van der Waals surface area contributed by atoms with E-state index in [-0.39, 0.29) is 5.92 Å². The summed E-state index contributed by atoms with van der Waals surface area (Å²) in [5.74, 6) is -0.175. The molecule has 0 saturated heterocycles. The van der Waals surface area contributed by atoms with Gasteiger partial charge in [0.15, 0.2) is 0 Å². The van der Waals surface area contributed by atoms with Crippen molar-refractivity contribution in [3.8, 4) is 0 Å².